The molecule has 1 aliphatic carbocycles. The molecule has 0 radical (unpaired) electrons. The molecule has 0 aliphatic heterocycles. The fraction of sp³-hybridized carbons (Fsp3) is 1.00. The molecule has 0 spiro atoms. The van der Waals surface area contributed by atoms with Crippen LogP contribution in [0.15, 0.2) is 0 Å². The fourth-order valence-electron chi connectivity index (χ4n) is 1.77. The molecule has 1 fully saturated rings. The van der Waals surface area contributed by atoms with Gasteiger partial charge in [0.05, 0.1) is 0 Å². The number of halogens is 1. The molecule has 1 rings (SSSR count). The molecule has 0 N–H and O–H groups in total. The van der Waals surface area contributed by atoms with Gasteiger partial charge in [-0.25, -0.2) is 4.39 Å². The van der Waals surface area contributed by atoms with E-state index in [1.165, 1.54) is 12.8 Å². The third-order valence-corrected chi connectivity index (χ3v) is 2.47. The van der Waals surface area contributed by atoms with Crippen molar-refractivity contribution >= 4 is 0 Å². The van der Waals surface area contributed by atoms with Crippen LogP contribution in [0.1, 0.15) is 39.5 Å². The summed E-state index contributed by atoms with van der Waals surface area (Å²) in [6.07, 6.45) is 3.52. The van der Waals surface area contributed by atoms with Crippen LogP contribution in [-0.4, -0.2) is 6.17 Å². The Labute approximate surface area is 62.8 Å². The quantitative estimate of drug-likeness (QED) is 0.458. The molecule has 10 heavy (non-hydrogen) atoms. The first kappa shape index (κ1) is 8.03. The lowest BCUT2D eigenvalue weighted by Crippen LogP contribution is -2.04. The maximum absolute atomic E-state index is 12.9. The smallest absolute Gasteiger partial charge is 0.101 e. The Morgan fingerprint density at radius 1 is 1.00 bits per heavy atom. The van der Waals surface area contributed by atoms with Gasteiger partial charge in [0.15, 0.2) is 0 Å². The summed E-state index contributed by atoms with van der Waals surface area (Å²) in [7, 11) is 0. The van der Waals surface area contributed by atoms with E-state index in [0.717, 1.165) is 12.8 Å². The van der Waals surface area contributed by atoms with Crippen molar-refractivity contribution in [1.29, 1.82) is 0 Å². The van der Waals surface area contributed by atoms with Crippen molar-refractivity contribution in [3.05, 3.63) is 0 Å². The van der Waals surface area contributed by atoms with E-state index in [1.807, 2.05) is 0 Å². The van der Waals surface area contributed by atoms with Gasteiger partial charge in [0.1, 0.15) is 6.17 Å². The molecule has 0 heterocycles. The first-order valence-corrected chi connectivity index (χ1v) is 4.32. The van der Waals surface area contributed by atoms with E-state index in [0.29, 0.717) is 11.8 Å². The third-order valence-electron chi connectivity index (χ3n) is 2.47. The molecule has 0 aromatic heterocycles. The Hall–Kier alpha value is -0.0700. The zero-order valence-corrected chi connectivity index (χ0v) is 6.94. The minimum absolute atomic E-state index is 0.521. The van der Waals surface area contributed by atoms with Crippen molar-refractivity contribution in [3.63, 3.8) is 0 Å². The lowest BCUT2D eigenvalue weighted by molar-refractivity contribution is 0.259. The van der Waals surface area contributed by atoms with Crippen LogP contribution in [0.5, 0.6) is 0 Å². The maximum atomic E-state index is 12.9. The Balaban J connectivity index is 2.38. The van der Waals surface area contributed by atoms with E-state index in [1.54, 1.807) is 0 Å². The van der Waals surface area contributed by atoms with Crippen molar-refractivity contribution in [3.8, 4) is 0 Å². The molecule has 60 valence electrons. The Bertz CT molecular complexity index is 88.9. The highest BCUT2D eigenvalue weighted by Crippen LogP contribution is 2.28. The molecule has 0 aromatic carbocycles. The molecule has 2 unspecified atom stereocenters. The first-order valence-electron chi connectivity index (χ1n) is 4.32. The highest BCUT2D eigenvalue weighted by atomic mass is 19.1. The molecule has 0 bridgehead atoms. The number of alkyl halides is 1. The van der Waals surface area contributed by atoms with Crippen LogP contribution >= 0.6 is 0 Å². The Kier molecular flexibility index (Phi) is 2.70. The minimum atomic E-state index is -0.521. The summed E-state index contributed by atoms with van der Waals surface area (Å²) in [4.78, 5) is 0. The van der Waals surface area contributed by atoms with Gasteiger partial charge in [-0.15, -0.1) is 0 Å². The molecule has 0 saturated heterocycles. The molecule has 1 heteroatoms. The van der Waals surface area contributed by atoms with Gasteiger partial charge in [-0.05, 0) is 24.7 Å². The van der Waals surface area contributed by atoms with Crippen molar-refractivity contribution in [1.82, 2.24) is 0 Å². The molecular formula is C9H17F. The number of hydrogen-bond donors (Lipinski definition) is 0. The van der Waals surface area contributed by atoms with Gasteiger partial charge >= 0.3 is 0 Å². The van der Waals surface area contributed by atoms with E-state index >= 15 is 0 Å². The van der Waals surface area contributed by atoms with Gasteiger partial charge in [0.25, 0.3) is 0 Å². The molecular weight excluding hydrogens is 127 g/mol. The standard InChI is InChI=1S/C9H17F/c1-7-3-4-8(2)6-9(10)5-7/h7-9H,3-6H2,1-2H3. The zero-order chi connectivity index (χ0) is 7.56. The van der Waals surface area contributed by atoms with E-state index in [-0.39, 0.29) is 0 Å². The SMILES string of the molecule is CC1CCC(C)CC(F)C1. The van der Waals surface area contributed by atoms with E-state index < -0.39 is 6.17 Å². The highest BCUT2D eigenvalue weighted by Gasteiger charge is 2.20. The monoisotopic (exact) mass is 144 g/mol. The van der Waals surface area contributed by atoms with E-state index in [4.69, 9.17) is 0 Å². The normalized spacial score (nSPS) is 42.9. The summed E-state index contributed by atoms with van der Waals surface area (Å²) in [5.74, 6) is 1.22. The van der Waals surface area contributed by atoms with Gasteiger partial charge in [-0.1, -0.05) is 26.7 Å². The third kappa shape index (κ3) is 2.28. The van der Waals surface area contributed by atoms with Crippen LogP contribution in [0, 0.1) is 11.8 Å². The minimum Gasteiger partial charge on any atom is -0.247 e. The summed E-state index contributed by atoms with van der Waals surface area (Å²) >= 11 is 0. The van der Waals surface area contributed by atoms with Crippen molar-refractivity contribution in [2.45, 2.75) is 45.7 Å². The maximum Gasteiger partial charge on any atom is 0.101 e. The van der Waals surface area contributed by atoms with Gasteiger partial charge in [0.2, 0.25) is 0 Å². The summed E-state index contributed by atoms with van der Waals surface area (Å²) in [6.45, 7) is 4.31. The average molecular weight is 144 g/mol. The summed E-state index contributed by atoms with van der Waals surface area (Å²) in [5.41, 5.74) is 0. The van der Waals surface area contributed by atoms with Crippen LogP contribution in [0.25, 0.3) is 0 Å². The van der Waals surface area contributed by atoms with Gasteiger partial charge in [-0.2, -0.15) is 0 Å². The number of hydrogen-bond acceptors (Lipinski definition) is 0. The predicted octanol–water partition coefficient (Wildman–Crippen LogP) is 3.17. The van der Waals surface area contributed by atoms with E-state index in [2.05, 4.69) is 13.8 Å². The van der Waals surface area contributed by atoms with Gasteiger partial charge in [-0.3, -0.25) is 0 Å². The van der Waals surface area contributed by atoms with Crippen LogP contribution in [0.2, 0.25) is 0 Å². The van der Waals surface area contributed by atoms with Crippen molar-refractivity contribution in [2.24, 2.45) is 11.8 Å². The fourth-order valence-corrected chi connectivity index (χ4v) is 1.77. The topological polar surface area (TPSA) is 0 Å². The van der Waals surface area contributed by atoms with Crippen LogP contribution in [-0.2, 0) is 0 Å². The average Bonchev–Trinajstić information content (AvgIpc) is 1.93. The summed E-state index contributed by atoms with van der Waals surface area (Å²) in [6, 6.07) is 0. The Morgan fingerprint density at radius 2 is 1.40 bits per heavy atom. The highest BCUT2D eigenvalue weighted by molar-refractivity contribution is 4.71. The largest absolute Gasteiger partial charge is 0.247 e. The molecule has 2 atom stereocenters. The molecule has 1 aliphatic rings. The second-order valence-electron chi connectivity index (χ2n) is 3.86. The molecule has 0 nitrogen and oxygen atoms in total. The Morgan fingerprint density at radius 3 is 1.80 bits per heavy atom. The lowest BCUT2D eigenvalue weighted by Gasteiger charge is -2.07. The van der Waals surface area contributed by atoms with Crippen molar-refractivity contribution < 1.29 is 4.39 Å². The van der Waals surface area contributed by atoms with Crippen molar-refractivity contribution in [2.75, 3.05) is 0 Å². The summed E-state index contributed by atoms with van der Waals surface area (Å²) < 4.78 is 12.9. The molecule has 1 saturated carbocycles. The second kappa shape index (κ2) is 3.36. The van der Waals surface area contributed by atoms with E-state index in [9.17, 15) is 4.39 Å². The predicted molar refractivity (Wildman–Crippen MR) is 41.7 cm³/mol. The van der Waals surface area contributed by atoms with Gasteiger partial charge in [0, 0.05) is 0 Å². The van der Waals surface area contributed by atoms with Gasteiger partial charge < -0.3 is 0 Å². The van der Waals surface area contributed by atoms with Crippen LogP contribution in [0.3, 0.4) is 0 Å². The zero-order valence-electron chi connectivity index (χ0n) is 6.94. The van der Waals surface area contributed by atoms with Crippen LogP contribution < -0.4 is 0 Å². The second-order valence-corrected chi connectivity index (χ2v) is 3.86. The lowest BCUT2D eigenvalue weighted by atomic mass is 10.0. The number of rotatable bonds is 0. The summed E-state index contributed by atoms with van der Waals surface area (Å²) in [5, 5.41) is 0. The van der Waals surface area contributed by atoms with Crippen LogP contribution in [0.4, 0.5) is 4.39 Å². The molecule has 0 aromatic rings. The first-order chi connectivity index (χ1) is 4.68. The molecule has 0 amide bonds.